The molecule has 0 aliphatic carbocycles. The van der Waals surface area contributed by atoms with Crippen molar-refractivity contribution in [2.75, 3.05) is 25.1 Å². The molecule has 1 aliphatic rings. The van der Waals surface area contributed by atoms with Gasteiger partial charge in [-0.15, -0.1) is 0 Å². The number of amides is 4. The lowest BCUT2D eigenvalue weighted by Crippen LogP contribution is -2.66. The van der Waals surface area contributed by atoms with E-state index >= 15 is 0 Å². The van der Waals surface area contributed by atoms with E-state index < -0.39 is 41.2 Å². The van der Waals surface area contributed by atoms with Crippen molar-refractivity contribution in [2.45, 2.75) is 44.7 Å². The molecule has 1 saturated heterocycles. The number of nitrogens with one attached hydrogen (secondary N) is 2. The molecule has 33 heavy (non-hydrogen) atoms. The zero-order valence-corrected chi connectivity index (χ0v) is 19.1. The van der Waals surface area contributed by atoms with Crippen LogP contribution in [-0.4, -0.2) is 61.4 Å². The fraction of sp³-hybridized carbons (Fsp3) is 0.500. The Morgan fingerprint density at radius 2 is 1.82 bits per heavy atom. The predicted molar refractivity (Wildman–Crippen MR) is 120 cm³/mol. The summed E-state index contributed by atoms with van der Waals surface area (Å²) in [6, 6.07) is 5.42. The zero-order chi connectivity index (χ0) is 24.8. The molecule has 2 atom stereocenters. The number of rotatable bonds is 10. The van der Waals surface area contributed by atoms with Crippen molar-refractivity contribution in [2.24, 2.45) is 17.4 Å². The van der Waals surface area contributed by atoms with E-state index in [1.807, 2.05) is 13.8 Å². The van der Waals surface area contributed by atoms with Crippen LogP contribution in [0.25, 0.3) is 0 Å². The van der Waals surface area contributed by atoms with Gasteiger partial charge in [-0.05, 0) is 37.3 Å². The van der Waals surface area contributed by atoms with Crippen LogP contribution in [0.2, 0.25) is 0 Å². The van der Waals surface area contributed by atoms with Gasteiger partial charge in [-0.1, -0.05) is 26.0 Å². The summed E-state index contributed by atoms with van der Waals surface area (Å²) in [6.07, 6.45) is 0.805. The van der Waals surface area contributed by atoms with Crippen LogP contribution in [0.3, 0.4) is 0 Å². The van der Waals surface area contributed by atoms with Gasteiger partial charge in [-0.3, -0.25) is 19.2 Å². The number of nitrogens with two attached hydrogens (primary N) is 2. The Balaban J connectivity index is 2.43. The van der Waals surface area contributed by atoms with Gasteiger partial charge in [0.1, 0.15) is 6.04 Å². The fourth-order valence-electron chi connectivity index (χ4n) is 4.02. The Morgan fingerprint density at radius 1 is 1.15 bits per heavy atom. The van der Waals surface area contributed by atoms with E-state index in [2.05, 4.69) is 10.6 Å². The van der Waals surface area contributed by atoms with Gasteiger partial charge >= 0.3 is 5.97 Å². The third kappa shape index (κ3) is 5.60. The quantitative estimate of drug-likeness (QED) is 0.266. The van der Waals surface area contributed by atoms with E-state index in [1.165, 1.54) is 18.1 Å². The maximum Gasteiger partial charge on any atom is 0.339 e. The molecule has 1 aliphatic heterocycles. The molecule has 2 rings (SSSR count). The molecule has 1 aromatic carbocycles. The maximum absolute atomic E-state index is 13.5. The highest BCUT2D eigenvalue weighted by atomic mass is 16.5. The SMILES string of the molecule is COC(=O)c1ccccc1N1CCC[C@@]1(C(N)=O)C(=O)N[C@@H](CC(C)C)C(=O)NCC(N)=O. The van der Waals surface area contributed by atoms with Gasteiger partial charge in [0.25, 0.3) is 11.8 Å². The Morgan fingerprint density at radius 3 is 2.39 bits per heavy atom. The number of anilines is 1. The highest BCUT2D eigenvalue weighted by molar-refractivity contribution is 6.14. The standard InChI is InChI=1S/C22H31N5O6/c1-13(2)11-15(18(29)25-12-17(23)28)26-21(32)22(20(24)31)9-6-10-27(22)16-8-5-4-7-14(16)19(30)33-3/h4-5,7-8,13,15H,6,9-12H2,1-3H3,(H2,23,28)(H2,24,31)(H,25,29)(H,26,32)/t15-,22+/m0/s1. The Hall–Kier alpha value is -3.63. The highest BCUT2D eigenvalue weighted by Crippen LogP contribution is 2.37. The molecule has 1 aromatic rings. The number of benzene rings is 1. The smallest absolute Gasteiger partial charge is 0.339 e. The van der Waals surface area contributed by atoms with Crippen molar-refractivity contribution < 1.29 is 28.7 Å². The lowest BCUT2D eigenvalue weighted by Gasteiger charge is -2.37. The van der Waals surface area contributed by atoms with E-state index in [0.29, 0.717) is 12.1 Å². The van der Waals surface area contributed by atoms with Crippen LogP contribution in [0.5, 0.6) is 0 Å². The molecule has 180 valence electrons. The average Bonchev–Trinajstić information content (AvgIpc) is 3.22. The largest absolute Gasteiger partial charge is 0.465 e. The van der Waals surface area contributed by atoms with E-state index in [0.717, 1.165) is 0 Å². The second-order valence-corrected chi connectivity index (χ2v) is 8.33. The molecule has 0 unspecified atom stereocenters. The van der Waals surface area contributed by atoms with Crippen LogP contribution < -0.4 is 27.0 Å². The first-order chi connectivity index (χ1) is 15.5. The van der Waals surface area contributed by atoms with Crippen LogP contribution in [0.4, 0.5) is 5.69 Å². The number of ether oxygens (including phenoxy) is 1. The minimum Gasteiger partial charge on any atom is -0.465 e. The minimum absolute atomic E-state index is 0.0129. The number of hydrogen-bond acceptors (Lipinski definition) is 7. The van der Waals surface area contributed by atoms with Gasteiger partial charge in [0.2, 0.25) is 11.8 Å². The summed E-state index contributed by atoms with van der Waals surface area (Å²) < 4.78 is 4.84. The molecule has 0 bridgehead atoms. The Bertz CT molecular complexity index is 934. The second-order valence-electron chi connectivity index (χ2n) is 8.33. The van der Waals surface area contributed by atoms with Crippen molar-refractivity contribution in [3.63, 3.8) is 0 Å². The van der Waals surface area contributed by atoms with Crippen LogP contribution in [0.1, 0.15) is 43.5 Å². The summed E-state index contributed by atoms with van der Waals surface area (Å²) in [5.41, 5.74) is 9.53. The third-order valence-electron chi connectivity index (χ3n) is 5.53. The Labute approximate surface area is 192 Å². The van der Waals surface area contributed by atoms with Crippen molar-refractivity contribution in [3.8, 4) is 0 Å². The van der Waals surface area contributed by atoms with Gasteiger partial charge in [0.15, 0.2) is 5.54 Å². The van der Waals surface area contributed by atoms with Crippen LogP contribution in [0, 0.1) is 5.92 Å². The number of primary amides is 2. The van der Waals surface area contributed by atoms with E-state index in [-0.39, 0.29) is 37.4 Å². The van der Waals surface area contributed by atoms with Gasteiger partial charge in [0, 0.05) is 6.54 Å². The topological polar surface area (TPSA) is 174 Å². The fourth-order valence-corrected chi connectivity index (χ4v) is 4.02. The monoisotopic (exact) mass is 461 g/mol. The van der Waals surface area contributed by atoms with Crippen LogP contribution in [-0.2, 0) is 23.9 Å². The van der Waals surface area contributed by atoms with Crippen molar-refractivity contribution in [3.05, 3.63) is 29.8 Å². The van der Waals surface area contributed by atoms with Gasteiger partial charge < -0.3 is 31.7 Å². The normalized spacial score (nSPS) is 18.5. The number of carbonyl (C=O) groups is 5. The summed E-state index contributed by atoms with van der Waals surface area (Å²) in [4.78, 5) is 63.7. The summed E-state index contributed by atoms with van der Waals surface area (Å²) in [5.74, 6) is -3.60. The van der Waals surface area contributed by atoms with E-state index in [4.69, 9.17) is 16.2 Å². The summed E-state index contributed by atoms with van der Waals surface area (Å²) >= 11 is 0. The third-order valence-corrected chi connectivity index (χ3v) is 5.53. The van der Waals surface area contributed by atoms with Crippen molar-refractivity contribution >= 4 is 35.3 Å². The molecular formula is C22H31N5O6. The molecular weight excluding hydrogens is 430 g/mol. The first kappa shape index (κ1) is 25.6. The first-order valence-electron chi connectivity index (χ1n) is 10.7. The molecule has 11 nitrogen and oxygen atoms in total. The lowest BCUT2D eigenvalue weighted by atomic mass is 9.91. The number of methoxy groups -OCH3 is 1. The van der Waals surface area contributed by atoms with Crippen molar-refractivity contribution in [1.82, 2.24) is 10.6 Å². The highest BCUT2D eigenvalue weighted by Gasteiger charge is 2.54. The molecule has 1 heterocycles. The number of hydrogen-bond donors (Lipinski definition) is 4. The molecule has 6 N–H and O–H groups in total. The first-order valence-corrected chi connectivity index (χ1v) is 10.7. The zero-order valence-electron chi connectivity index (χ0n) is 19.1. The van der Waals surface area contributed by atoms with Crippen LogP contribution >= 0.6 is 0 Å². The van der Waals surface area contributed by atoms with Crippen LogP contribution in [0.15, 0.2) is 24.3 Å². The molecule has 0 saturated carbocycles. The second kappa shape index (κ2) is 10.8. The number of carbonyl (C=O) groups excluding carboxylic acids is 5. The molecule has 0 spiro atoms. The van der Waals surface area contributed by atoms with Crippen molar-refractivity contribution in [1.29, 1.82) is 0 Å². The van der Waals surface area contributed by atoms with E-state index in [9.17, 15) is 24.0 Å². The molecule has 1 fully saturated rings. The average molecular weight is 462 g/mol. The van der Waals surface area contributed by atoms with Gasteiger partial charge in [-0.2, -0.15) is 0 Å². The summed E-state index contributed by atoms with van der Waals surface area (Å²) in [5, 5.41) is 5.02. The summed E-state index contributed by atoms with van der Waals surface area (Å²) in [7, 11) is 1.23. The molecule has 11 heteroatoms. The Kier molecular flexibility index (Phi) is 8.38. The molecule has 4 amide bonds. The number of nitrogens with zero attached hydrogens (tertiary/aromatic N) is 1. The lowest BCUT2D eigenvalue weighted by molar-refractivity contribution is -0.138. The molecule has 0 aromatic heterocycles. The predicted octanol–water partition coefficient (Wildman–Crippen LogP) is -0.570. The van der Waals surface area contributed by atoms with E-state index in [1.54, 1.807) is 18.2 Å². The molecule has 0 radical (unpaired) electrons. The van der Waals surface area contributed by atoms with Gasteiger partial charge in [-0.25, -0.2) is 4.79 Å². The summed E-state index contributed by atoms with van der Waals surface area (Å²) in [6.45, 7) is 3.62. The number of esters is 1. The van der Waals surface area contributed by atoms with Gasteiger partial charge in [0.05, 0.1) is 24.9 Å². The number of para-hydroxylation sites is 1. The maximum atomic E-state index is 13.5. The minimum atomic E-state index is -1.82.